The molecule has 0 bridgehead atoms. The molecule has 0 N–H and O–H groups in total. The van der Waals surface area contributed by atoms with E-state index in [1.807, 2.05) is 0 Å². The van der Waals surface area contributed by atoms with Gasteiger partial charge in [-0.05, 0) is 135 Å². The largest absolute Gasteiger partial charge is 0.456 e. The van der Waals surface area contributed by atoms with Gasteiger partial charge >= 0.3 is 0 Å². The minimum absolute atomic E-state index is 0.177. The Hall–Kier alpha value is -4.05. The van der Waals surface area contributed by atoms with Crippen LogP contribution in [0.2, 0.25) is 0 Å². The van der Waals surface area contributed by atoms with Gasteiger partial charge in [-0.25, -0.2) is 0 Å². The Morgan fingerprint density at radius 3 is 1.35 bits per heavy atom. The fraction of sp³-hybridized carbons (Fsp3) is 0.286. The predicted octanol–water partition coefficient (Wildman–Crippen LogP) is 10.8. The molecule has 0 aromatic heterocycles. The Bertz CT molecular complexity index is 2160. The number of rotatable bonds is 3. The molecule has 0 spiro atoms. The second-order valence-corrected chi connectivity index (χ2v) is 20.0. The van der Waals surface area contributed by atoms with E-state index in [0.717, 1.165) is 34.2 Å². The first-order valence-electron chi connectivity index (χ1n) is 16.9. The molecular formula is C42H44N3OPS. The molecule has 1 atom stereocenters. The van der Waals surface area contributed by atoms with E-state index in [4.69, 9.17) is 16.5 Å². The number of hydrogen-bond donors (Lipinski definition) is 0. The molecule has 3 aliphatic rings. The summed E-state index contributed by atoms with van der Waals surface area (Å²) in [7, 11) is 0. The van der Waals surface area contributed by atoms with Gasteiger partial charge in [0.25, 0.3) is 0 Å². The van der Waals surface area contributed by atoms with Crippen molar-refractivity contribution in [2.75, 3.05) is 14.7 Å². The maximum Gasteiger partial charge on any atom is 0.140 e. The van der Waals surface area contributed by atoms with Crippen LogP contribution in [0.15, 0.2) is 84.9 Å². The third-order valence-electron chi connectivity index (χ3n) is 9.77. The van der Waals surface area contributed by atoms with Gasteiger partial charge in [0.15, 0.2) is 0 Å². The van der Waals surface area contributed by atoms with Crippen molar-refractivity contribution in [3.05, 3.63) is 107 Å². The normalized spacial score (nSPS) is 17.2. The minimum Gasteiger partial charge on any atom is -0.456 e. The van der Waals surface area contributed by atoms with Crippen LogP contribution in [0.3, 0.4) is 0 Å². The average molecular weight is 670 g/mol. The van der Waals surface area contributed by atoms with E-state index in [9.17, 15) is 0 Å². The SMILES string of the molecule is Cc1ccc(N(c2ccc(C)cc2)c2cc3c4c(c2)N(C(C)(C)C)c2cc(C)cc5c2P4(=S)c2c(cc(C)cc2N5C(C)(C)C)O3)cc1. The van der Waals surface area contributed by atoms with Crippen molar-refractivity contribution in [3.8, 4) is 11.5 Å². The molecule has 1 unspecified atom stereocenters. The van der Waals surface area contributed by atoms with Crippen LogP contribution < -0.4 is 35.4 Å². The number of benzene rings is 5. The highest BCUT2D eigenvalue weighted by Crippen LogP contribution is 2.66. The standard InChI is InChI=1S/C42H44N3OPS/c1-25-11-15-29(16-12-25)43(30-17-13-26(2)14-18-30)31-23-35-40-37(24-31)46-36-22-28(4)21-34-39(36)47(40,48)38-32(44(34)41(5,6)7)19-27(3)20-33(38)45(35)42(8,9)10/h11-24H,1-10H3. The van der Waals surface area contributed by atoms with Gasteiger partial charge in [0, 0.05) is 33.8 Å². The van der Waals surface area contributed by atoms with Crippen LogP contribution in [0.25, 0.3) is 0 Å². The molecule has 3 aliphatic heterocycles. The lowest BCUT2D eigenvalue weighted by Gasteiger charge is -2.54. The molecule has 0 saturated heterocycles. The molecule has 0 aliphatic carbocycles. The van der Waals surface area contributed by atoms with Crippen molar-refractivity contribution in [2.24, 2.45) is 0 Å². The van der Waals surface area contributed by atoms with Crippen LogP contribution >= 0.6 is 6.04 Å². The number of anilines is 7. The molecule has 5 aromatic carbocycles. The van der Waals surface area contributed by atoms with Gasteiger partial charge in [-0.2, -0.15) is 0 Å². The highest BCUT2D eigenvalue weighted by molar-refractivity contribution is 8.26. The quantitative estimate of drug-likeness (QED) is 0.174. The first-order valence-corrected chi connectivity index (χ1v) is 19.7. The molecule has 5 aromatic rings. The molecule has 244 valence electrons. The van der Waals surface area contributed by atoms with Crippen molar-refractivity contribution in [1.29, 1.82) is 0 Å². The molecule has 0 radical (unpaired) electrons. The molecule has 48 heavy (non-hydrogen) atoms. The van der Waals surface area contributed by atoms with Gasteiger partial charge < -0.3 is 19.4 Å². The highest BCUT2D eigenvalue weighted by Gasteiger charge is 2.53. The van der Waals surface area contributed by atoms with Crippen LogP contribution in [0.1, 0.15) is 63.8 Å². The van der Waals surface area contributed by atoms with Gasteiger partial charge in [-0.1, -0.05) is 47.2 Å². The summed E-state index contributed by atoms with van der Waals surface area (Å²) in [5, 5.41) is 3.66. The van der Waals surface area contributed by atoms with Gasteiger partial charge in [-0.3, -0.25) is 0 Å². The summed E-state index contributed by atoms with van der Waals surface area (Å²) in [6.45, 7) is 22.5. The molecule has 8 rings (SSSR count). The van der Waals surface area contributed by atoms with E-state index >= 15 is 0 Å². The van der Waals surface area contributed by atoms with Crippen LogP contribution in [0.4, 0.5) is 39.8 Å². The maximum atomic E-state index is 7.21. The summed E-state index contributed by atoms with van der Waals surface area (Å²) in [5.41, 5.74) is 12.5. The highest BCUT2D eigenvalue weighted by atomic mass is 32.4. The van der Waals surface area contributed by atoms with Crippen molar-refractivity contribution in [2.45, 2.75) is 80.3 Å². The van der Waals surface area contributed by atoms with Crippen molar-refractivity contribution >= 4 is 73.6 Å². The Morgan fingerprint density at radius 2 is 0.896 bits per heavy atom. The van der Waals surface area contributed by atoms with Crippen LogP contribution in [0.5, 0.6) is 11.5 Å². The second kappa shape index (κ2) is 10.2. The molecule has 0 amide bonds. The van der Waals surface area contributed by atoms with Crippen molar-refractivity contribution < 1.29 is 4.74 Å². The van der Waals surface area contributed by atoms with Gasteiger partial charge in [-0.15, -0.1) is 0 Å². The predicted molar refractivity (Wildman–Crippen MR) is 210 cm³/mol. The van der Waals surface area contributed by atoms with Crippen LogP contribution in [-0.4, -0.2) is 11.1 Å². The molecule has 4 nitrogen and oxygen atoms in total. The zero-order valence-corrected chi connectivity index (χ0v) is 31.4. The van der Waals surface area contributed by atoms with E-state index in [1.165, 1.54) is 55.2 Å². The van der Waals surface area contributed by atoms with Crippen LogP contribution in [0, 0.1) is 27.7 Å². The van der Waals surface area contributed by atoms with Gasteiger partial charge in [0.1, 0.15) is 11.5 Å². The number of nitrogens with zero attached hydrogens (tertiary/aromatic N) is 3. The summed E-state index contributed by atoms with van der Waals surface area (Å²) >= 11 is 7.21. The van der Waals surface area contributed by atoms with E-state index < -0.39 is 6.04 Å². The van der Waals surface area contributed by atoms with E-state index in [-0.39, 0.29) is 11.1 Å². The minimum atomic E-state index is -2.54. The summed E-state index contributed by atoms with van der Waals surface area (Å²) in [6, 6.07) is 28.9. The number of hydrogen-bond acceptors (Lipinski definition) is 5. The van der Waals surface area contributed by atoms with Crippen molar-refractivity contribution in [3.63, 3.8) is 0 Å². The first-order chi connectivity index (χ1) is 22.6. The summed E-state index contributed by atoms with van der Waals surface area (Å²) in [5.74, 6) is 1.77. The Morgan fingerprint density at radius 1 is 0.500 bits per heavy atom. The van der Waals surface area contributed by atoms with Crippen molar-refractivity contribution in [1.82, 2.24) is 0 Å². The zero-order chi connectivity index (χ0) is 34.1. The molecular weight excluding hydrogens is 626 g/mol. The molecule has 3 heterocycles. The fourth-order valence-electron chi connectivity index (χ4n) is 7.96. The summed E-state index contributed by atoms with van der Waals surface area (Å²) in [4.78, 5) is 7.42. The van der Waals surface area contributed by atoms with E-state index in [0.29, 0.717) is 0 Å². The first kappa shape index (κ1) is 31.2. The summed E-state index contributed by atoms with van der Waals surface area (Å²) < 4.78 is 7.12. The molecule has 0 fully saturated rings. The Balaban J connectivity index is 1.50. The maximum absolute atomic E-state index is 7.21. The van der Waals surface area contributed by atoms with Gasteiger partial charge in [0.05, 0.1) is 45.1 Å². The van der Waals surface area contributed by atoms with Crippen LogP contribution in [-0.2, 0) is 11.8 Å². The number of aryl methyl sites for hydroxylation is 4. The Labute approximate surface area is 291 Å². The summed E-state index contributed by atoms with van der Waals surface area (Å²) in [6.07, 6.45) is 0. The lowest BCUT2D eigenvalue weighted by atomic mass is 9.97. The average Bonchev–Trinajstić information content (AvgIpc) is 2.97. The number of ether oxygens (including phenoxy) is 1. The smallest absolute Gasteiger partial charge is 0.140 e. The second-order valence-electron chi connectivity index (χ2n) is 15.8. The third kappa shape index (κ3) is 4.43. The van der Waals surface area contributed by atoms with Gasteiger partial charge in [0.2, 0.25) is 0 Å². The van der Waals surface area contributed by atoms with E-state index in [2.05, 4.69) is 169 Å². The van der Waals surface area contributed by atoms with E-state index in [1.54, 1.807) is 0 Å². The lowest BCUT2D eigenvalue weighted by molar-refractivity contribution is 0.486. The zero-order valence-electron chi connectivity index (χ0n) is 29.7. The molecule has 0 saturated carbocycles. The third-order valence-corrected chi connectivity index (χ3v) is 14.7. The topological polar surface area (TPSA) is 19.0 Å². The fourth-order valence-corrected chi connectivity index (χ4v) is 13.1. The monoisotopic (exact) mass is 669 g/mol. The molecule has 6 heteroatoms. The Kier molecular flexibility index (Phi) is 6.66. The lowest BCUT2D eigenvalue weighted by Crippen LogP contribution is -2.54.